The van der Waals surface area contributed by atoms with Crippen molar-refractivity contribution in [3.8, 4) is 11.3 Å². The highest BCUT2D eigenvalue weighted by Crippen LogP contribution is 2.15. The van der Waals surface area contributed by atoms with Gasteiger partial charge in [0.25, 0.3) is 0 Å². The molecule has 3 heteroatoms. The minimum Gasteiger partial charge on any atom is -0.349 e. The second kappa shape index (κ2) is 3.72. The molecule has 0 amide bonds. The Labute approximate surface area is 87.7 Å². The highest BCUT2D eigenvalue weighted by atomic mass is 32.1. The van der Waals surface area contributed by atoms with E-state index in [1.807, 2.05) is 43.5 Å². The average Bonchev–Trinajstić information content (AvgIpc) is 2.23. The number of nitrogens with zero attached hydrogens (tertiary/aromatic N) is 1. The van der Waals surface area contributed by atoms with Crippen LogP contribution in [0.2, 0.25) is 0 Å². The summed E-state index contributed by atoms with van der Waals surface area (Å²) in [4.78, 5) is 7.43. The minimum atomic E-state index is 0.699. The molecule has 1 aromatic heterocycles. The van der Waals surface area contributed by atoms with E-state index in [0.29, 0.717) is 4.64 Å². The Hall–Kier alpha value is -1.48. The summed E-state index contributed by atoms with van der Waals surface area (Å²) in [6, 6.07) is 10.0. The second-order valence-corrected chi connectivity index (χ2v) is 3.47. The number of nitrogens with one attached hydrogen (secondary N) is 1. The summed E-state index contributed by atoms with van der Waals surface area (Å²) in [6.45, 7) is 1.91. The van der Waals surface area contributed by atoms with Crippen LogP contribution in [-0.4, -0.2) is 9.97 Å². The van der Waals surface area contributed by atoms with Gasteiger partial charge in [0.05, 0.1) is 11.4 Å². The summed E-state index contributed by atoms with van der Waals surface area (Å²) < 4.78 is 0.699. The van der Waals surface area contributed by atoms with Crippen LogP contribution in [0.25, 0.3) is 11.3 Å². The van der Waals surface area contributed by atoms with Crippen molar-refractivity contribution in [1.82, 2.24) is 9.97 Å². The van der Waals surface area contributed by atoms with Gasteiger partial charge >= 0.3 is 0 Å². The van der Waals surface area contributed by atoms with Crippen LogP contribution in [0.3, 0.4) is 0 Å². The summed E-state index contributed by atoms with van der Waals surface area (Å²) in [7, 11) is 0. The lowest BCUT2D eigenvalue weighted by Gasteiger charge is -2.01. The van der Waals surface area contributed by atoms with Gasteiger partial charge in [0.1, 0.15) is 4.64 Å². The van der Waals surface area contributed by atoms with Crippen molar-refractivity contribution in [3.63, 3.8) is 0 Å². The van der Waals surface area contributed by atoms with Gasteiger partial charge in [0.2, 0.25) is 0 Å². The second-order valence-electron chi connectivity index (χ2n) is 3.07. The van der Waals surface area contributed by atoms with Crippen LogP contribution in [0, 0.1) is 11.6 Å². The summed E-state index contributed by atoms with van der Waals surface area (Å²) >= 11 is 5.04. The van der Waals surface area contributed by atoms with Crippen LogP contribution in [0.15, 0.2) is 36.5 Å². The smallest absolute Gasteiger partial charge is 0.124 e. The number of rotatable bonds is 1. The topological polar surface area (TPSA) is 28.7 Å². The van der Waals surface area contributed by atoms with Crippen molar-refractivity contribution in [2.24, 2.45) is 0 Å². The number of aromatic nitrogens is 2. The predicted molar refractivity (Wildman–Crippen MR) is 59.6 cm³/mol. The quantitative estimate of drug-likeness (QED) is 0.720. The molecule has 0 atom stereocenters. The predicted octanol–water partition coefficient (Wildman–Crippen LogP) is 3.11. The third kappa shape index (κ3) is 1.72. The van der Waals surface area contributed by atoms with Gasteiger partial charge in [-0.3, -0.25) is 0 Å². The molecule has 1 heterocycles. The van der Waals surface area contributed by atoms with Gasteiger partial charge < -0.3 is 4.98 Å². The zero-order valence-electron chi connectivity index (χ0n) is 7.82. The van der Waals surface area contributed by atoms with E-state index >= 15 is 0 Å². The maximum Gasteiger partial charge on any atom is 0.124 e. The fourth-order valence-electron chi connectivity index (χ4n) is 1.26. The Morgan fingerprint density at radius 2 is 1.93 bits per heavy atom. The molecule has 0 saturated heterocycles. The first-order valence-corrected chi connectivity index (χ1v) is 4.80. The molecule has 0 radical (unpaired) electrons. The maximum atomic E-state index is 5.04. The normalized spacial score (nSPS) is 10.1. The number of aryl methyl sites for hydroxylation is 1. The van der Waals surface area contributed by atoms with Crippen LogP contribution in [0.5, 0.6) is 0 Å². The number of hydrogen-bond donors (Lipinski definition) is 1. The van der Waals surface area contributed by atoms with Gasteiger partial charge in [0, 0.05) is 11.8 Å². The number of aromatic amines is 1. The molecule has 1 aromatic carbocycles. The minimum absolute atomic E-state index is 0.699. The fourth-order valence-corrected chi connectivity index (χ4v) is 1.36. The molecule has 70 valence electrons. The Balaban J connectivity index is 2.54. The van der Waals surface area contributed by atoms with Gasteiger partial charge in [-0.2, -0.15) is 0 Å². The largest absolute Gasteiger partial charge is 0.349 e. The van der Waals surface area contributed by atoms with Crippen LogP contribution in [0.1, 0.15) is 5.69 Å². The third-order valence-electron chi connectivity index (χ3n) is 2.03. The molecule has 0 aliphatic carbocycles. The van der Waals surface area contributed by atoms with E-state index in [4.69, 9.17) is 12.2 Å². The average molecular weight is 202 g/mol. The van der Waals surface area contributed by atoms with Crippen molar-refractivity contribution in [3.05, 3.63) is 46.9 Å². The highest BCUT2D eigenvalue weighted by molar-refractivity contribution is 7.71. The van der Waals surface area contributed by atoms with E-state index in [0.717, 1.165) is 17.0 Å². The van der Waals surface area contributed by atoms with Crippen molar-refractivity contribution in [2.75, 3.05) is 0 Å². The number of hydrogen-bond acceptors (Lipinski definition) is 2. The molecule has 0 aliphatic rings. The Bertz CT molecular complexity index is 488. The first-order valence-electron chi connectivity index (χ1n) is 4.39. The highest BCUT2D eigenvalue weighted by Gasteiger charge is 1.98. The van der Waals surface area contributed by atoms with Crippen LogP contribution < -0.4 is 0 Å². The molecule has 14 heavy (non-hydrogen) atoms. The molecule has 0 aliphatic heterocycles. The molecule has 2 aromatic rings. The Morgan fingerprint density at radius 1 is 1.21 bits per heavy atom. The molecule has 0 spiro atoms. The zero-order valence-corrected chi connectivity index (χ0v) is 8.64. The van der Waals surface area contributed by atoms with E-state index in [2.05, 4.69) is 9.97 Å². The molecule has 0 unspecified atom stereocenters. The number of benzene rings is 1. The maximum absolute atomic E-state index is 5.04. The SMILES string of the molecule is Cc1nc(-c2ccccc2)c[nH]c1=S. The lowest BCUT2D eigenvalue weighted by Crippen LogP contribution is -1.90. The van der Waals surface area contributed by atoms with Crippen LogP contribution in [0.4, 0.5) is 0 Å². The lowest BCUT2D eigenvalue weighted by molar-refractivity contribution is 1.10. The van der Waals surface area contributed by atoms with Crippen molar-refractivity contribution < 1.29 is 0 Å². The standard InChI is InChI=1S/C11H10N2S/c1-8-11(14)12-7-10(13-8)9-5-3-2-4-6-9/h2-7H,1H3,(H,12,14). The van der Waals surface area contributed by atoms with Crippen molar-refractivity contribution in [1.29, 1.82) is 0 Å². The number of H-pyrrole nitrogens is 1. The van der Waals surface area contributed by atoms with Crippen molar-refractivity contribution in [2.45, 2.75) is 6.92 Å². The fraction of sp³-hybridized carbons (Fsp3) is 0.0909. The van der Waals surface area contributed by atoms with Crippen molar-refractivity contribution >= 4 is 12.2 Å². The molecule has 0 saturated carbocycles. The van der Waals surface area contributed by atoms with Crippen LogP contribution >= 0.6 is 12.2 Å². The summed E-state index contributed by atoms with van der Waals surface area (Å²) in [6.07, 6.45) is 1.84. The summed E-state index contributed by atoms with van der Waals surface area (Å²) in [5.74, 6) is 0. The van der Waals surface area contributed by atoms with E-state index in [9.17, 15) is 0 Å². The third-order valence-corrected chi connectivity index (χ3v) is 2.44. The monoisotopic (exact) mass is 202 g/mol. The van der Waals surface area contributed by atoms with Gasteiger partial charge in [-0.1, -0.05) is 42.5 Å². The van der Waals surface area contributed by atoms with E-state index in [1.165, 1.54) is 0 Å². The lowest BCUT2D eigenvalue weighted by atomic mass is 10.2. The Kier molecular flexibility index (Phi) is 2.41. The van der Waals surface area contributed by atoms with Crippen LogP contribution in [-0.2, 0) is 0 Å². The first-order chi connectivity index (χ1) is 6.77. The summed E-state index contributed by atoms with van der Waals surface area (Å²) in [5, 5.41) is 0. The van der Waals surface area contributed by atoms with E-state index < -0.39 is 0 Å². The first kappa shape index (κ1) is 9.09. The molecule has 2 nitrogen and oxygen atoms in total. The molecule has 2 rings (SSSR count). The van der Waals surface area contributed by atoms with E-state index in [1.54, 1.807) is 0 Å². The van der Waals surface area contributed by atoms with Gasteiger partial charge in [-0.15, -0.1) is 0 Å². The van der Waals surface area contributed by atoms with E-state index in [-0.39, 0.29) is 0 Å². The van der Waals surface area contributed by atoms with Gasteiger partial charge in [-0.05, 0) is 6.92 Å². The zero-order chi connectivity index (χ0) is 9.97. The van der Waals surface area contributed by atoms with Gasteiger partial charge in [0.15, 0.2) is 0 Å². The molecular formula is C11H10N2S. The molecular weight excluding hydrogens is 192 g/mol. The molecule has 0 bridgehead atoms. The Morgan fingerprint density at radius 3 is 2.57 bits per heavy atom. The summed E-state index contributed by atoms with van der Waals surface area (Å²) in [5.41, 5.74) is 2.89. The molecule has 0 fully saturated rings. The van der Waals surface area contributed by atoms with Gasteiger partial charge in [-0.25, -0.2) is 4.98 Å². The molecule has 1 N–H and O–H groups in total.